The lowest BCUT2D eigenvalue weighted by molar-refractivity contribution is -0.140. The monoisotopic (exact) mass is 433 g/mol. The van der Waals surface area contributed by atoms with Crippen LogP contribution in [0.1, 0.15) is 35.4 Å². The van der Waals surface area contributed by atoms with Crippen LogP contribution in [0.2, 0.25) is 0 Å². The van der Waals surface area contributed by atoms with Crippen LogP contribution in [0.3, 0.4) is 0 Å². The number of hydrogen-bond donors (Lipinski definition) is 2. The summed E-state index contributed by atoms with van der Waals surface area (Å²) in [6.45, 7) is 2.05. The predicted molar refractivity (Wildman–Crippen MR) is 117 cm³/mol. The maximum absolute atomic E-state index is 13.0. The zero-order chi connectivity index (χ0) is 22.8. The van der Waals surface area contributed by atoms with Gasteiger partial charge in [-0.2, -0.15) is 0 Å². The van der Waals surface area contributed by atoms with Crippen LogP contribution in [0.25, 0.3) is 5.76 Å². The van der Waals surface area contributed by atoms with Crippen molar-refractivity contribution in [1.82, 2.24) is 4.90 Å². The SMILES string of the molecule is CCc1ccc(/C(O)=C2/C(=O)C(=O)N(Cc3ccco3)C2c2ccc(OC)c(O)c2)cc1. The Bertz CT molecular complexity index is 1180. The average Bonchev–Trinajstić information content (AvgIpc) is 3.41. The van der Waals surface area contributed by atoms with Gasteiger partial charge in [0.1, 0.15) is 11.5 Å². The molecule has 1 fully saturated rings. The summed E-state index contributed by atoms with van der Waals surface area (Å²) in [5, 5.41) is 21.4. The van der Waals surface area contributed by atoms with E-state index in [9.17, 15) is 19.8 Å². The summed E-state index contributed by atoms with van der Waals surface area (Å²) in [5.74, 6) is -1.22. The molecule has 1 aromatic heterocycles. The van der Waals surface area contributed by atoms with Crippen molar-refractivity contribution >= 4 is 17.4 Å². The number of aliphatic hydroxyl groups is 1. The zero-order valence-corrected chi connectivity index (χ0v) is 17.7. The number of aromatic hydroxyl groups is 1. The van der Waals surface area contributed by atoms with Crippen molar-refractivity contribution in [2.75, 3.05) is 7.11 Å². The molecule has 0 aliphatic carbocycles. The highest BCUT2D eigenvalue weighted by molar-refractivity contribution is 6.46. The van der Waals surface area contributed by atoms with Crippen molar-refractivity contribution in [1.29, 1.82) is 0 Å². The lowest BCUT2D eigenvalue weighted by atomic mass is 9.94. The van der Waals surface area contributed by atoms with E-state index >= 15 is 0 Å². The number of carbonyl (C=O) groups excluding carboxylic acids is 2. The van der Waals surface area contributed by atoms with Gasteiger partial charge in [-0.3, -0.25) is 9.59 Å². The number of phenolic OH excluding ortho intramolecular Hbond substituents is 1. The van der Waals surface area contributed by atoms with Gasteiger partial charge in [-0.15, -0.1) is 0 Å². The summed E-state index contributed by atoms with van der Waals surface area (Å²) in [4.78, 5) is 27.3. The van der Waals surface area contributed by atoms with Gasteiger partial charge in [0.15, 0.2) is 11.5 Å². The number of aliphatic hydroxyl groups excluding tert-OH is 1. The molecule has 1 atom stereocenters. The summed E-state index contributed by atoms with van der Waals surface area (Å²) >= 11 is 0. The van der Waals surface area contributed by atoms with Gasteiger partial charge in [0.25, 0.3) is 11.7 Å². The molecule has 2 N–H and O–H groups in total. The molecule has 1 amide bonds. The maximum atomic E-state index is 13.0. The molecule has 7 nitrogen and oxygen atoms in total. The third-order valence-electron chi connectivity index (χ3n) is 5.60. The fraction of sp³-hybridized carbons (Fsp3) is 0.200. The molecule has 0 saturated carbocycles. The van der Waals surface area contributed by atoms with Crippen LogP contribution in [-0.2, 0) is 22.6 Å². The number of amides is 1. The van der Waals surface area contributed by atoms with Crippen LogP contribution in [-0.4, -0.2) is 33.9 Å². The Balaban J connectivity index is 1.86. The molecular weight excluding hydrogens is 410 g/mol. The summed E-state index contributed by atoms with van der Waals surface area (Å²) in [6.07, 6.45) is 2.31. The molecule has 1 unspecified atom stereocenters. The second kappa shape index (κ2) is 8.63. The number of furan rings is 1. The number of rotatable bonds is 6. The minimum absolute atomic E-state index is 0.0284. The molecule has 0 spiro atoms. The molecule has 2 aromatic carbocycles. The summed E-state index contributed by atoms with van der Waals surface area (Å²) in [5.41, 5.74) is 1.92. The number of aryl methyl sites for hydroxylation is 1. The van der Waals surface area contributed by atoms with E-state index in [0.29, 0.717) is 16.9 Å². The van der Waals surface area contributed by atoms with E-state index in [1.54, 1.807) is 36.4 Å². The summed E-state index contributed by atoms with van der Waals surface area (Å²) < 4.78 is 10.5. The van der Waals surface area contributed by atoms with Crippen molar-refractivity contribution in [2.45, 2.75) is 25.9 Å². The van der Waals surface area contributed by atoms with Crippen molar-refractivity contribution in [2.24, 2.45) is 0 Å². The van der Waals surface area contributed by atoms with Crippen LogP contribution < -0.4 is 4.74 Å². The van der Waals surface area contributed by atoms with E-state index in [-0.39, 0.29) is 29.4 Å². The Hall–Kier alpha value is -4.00. The zero-order valence-electron chi connectivity index (χ0n) is 17.7. The number of ketones is 1. The van der Waals surface area contributed by atoms with Crippen LogP contribution in [0.5, 0.6) is 11.5 Å². The van der Waals surface area contributed by atoms with Crippen molar-refractivity contribution in [3.63, 3.8) is 0 Å². The van der Waals surface area contributed by atoms with Gasteiger partial charge < -0.3 is 24.3 Å². The van der Waals surface area contributed by atoms with Gasteiger partial charge in [-0.25, -0.2) is 0 Å². The highest BCUT2D eigenvalue weighted by Gasteiger charge is 2.46. The van der Waals surface area contributed by atoms with Crippen molar-refractivity contribution < 1.29 is 29.0 Å². The number of carbonyl (C=O) groups is 2. The molecule has 0 radical (unpaired) electrons. The van der Waals surface area contributed by atoms with Crippen LogP contribution in [0.15, 0.2) is 70.9 Å². The maximum Gasteiger partial charge on any atom is 0.296 e. The number of methoxy groups -OCH3 is 1. The Morgan fingerprint density at radius 1 is 1.12 bits per heavy atom. The van der Waals surface area contributed by atoms with Crippen molar-refractivity contribution in [3.8, 4) is 11.5 Å². The first-order valence-electron chi connectivity index (χ1n) is 10.2. The predicted octanol–water partition coefficient (Wildman–Crippen LogP) is 4.18. The normalized spacial score (nSPS) is 17.7. The third-order valence-corrected chi connectivity index (χ3v) is 5.60. The van der Waals surface area contributed by atoms with E-state index in [1.165, 1.54) is 24.3 Å². The van der Waals surface area contributed by atoms with Gasteiger partial charge in [0.2, 0.25) is 0 Å². The quantitative estimate of drug-likeness (QED) is 0.344. The Morgan fingerprint density at radius 3 is 2.47 bits per heavy atom. The fourth-order valence-electron chi connectivity index (χ4n) is 3.89. The summed E-state index contributed by atoms with van der Waals surface area (Å²) in [7, 11) is 1.43. The molecule has 4 rings (SSSR count). The Labute approximate surface area is 185 Å². The molecule has 1 aliphatic heterocycles. The molecule has 32 heavy (non-hydrogen) atoms. The molecular formula is C25H23NO6. The standard InChI is InChI=1S/C25H23NO6/c1-3-15-6-8-16(9-7-15)23(28)21-22(17-10-11-20(31-2)19(27)13-17)26(25(30)24(21)29)14-18-5-4-12-32-18/h4-13,22,27-28H,3,14H2,1-2H3/b23-21-. The highest BCUT2D eigenvalue weighted by Crippen LogP contribution is 2.42. The number of ether oxygens (including phenoxy) is 1. The number of phenols is 1. The number of nitrogens with zero attached hydrogens (tertiary/aromatic N) is 1. The smallest absolute Gasteiger partial charge is 0.296 e. The number of hydrogen-bond acceptors (Lipinski definition) is 6. The lowest BCUT2D eigenvalue weighted by Crippen LogP contribution is -2.29. The van der Waals surface area contributed by atoms with Gasteiger partial charge >= 0.3 is 0 Å². The van der Waals surface area contributed by atoms with E-state index in [2.05, 4.69) is 0 Å². The van der Waals surface area contributed by atoms with Crippen molar-refractivity contribution in [3.05, 3.63) is 88.9 Å². The number of benzene rings is 2. The number of Topliss-reactive ketones (excluding diaryl/α,β-unsaturated/α-hetero) is 1. The van der Waals surface area contributed by atoms with Gasteiger partial charge in [0.05, 0.1) is 31.5 Å². The third kappa shape index (κ3) is 3.73. The van der Waals surface area contributed by atoms with E-state index in [1.807, 2.05) is 19.1 Å². The first-order valence-corrected chi connectivity index (χ1v) is 10.2. The second-order valence-electron chi connectivity index (χ2n) is 7.49. The van der Waals surface area contributed by atoms with Gasteiger partial charge in [-0.1, -0.05) is 37.3 Å². The van der Waals surface area contributed by atoms with Crippen LogP contribution in [0, 0.1) is 0 Å². The molecule has 1 saturated heterocycles. The largest absolute Gasteiger partial charge is 0.507 e. The number of likely N-dealkylation sites (tertiary alicyclic amines) is 1. The average molecular weight is 433 g/mol. The van der Waals surface area contributed by atoms with E-state index in [0.717, 1.165) is 12.0 Å². The van der Waals surface area contributed by atoms with E-state index in [4.69, 9.17) is 9.15 Å². The minimum atomic E-state index is -0.914. The minimum Gasteiger partial charge on any atom is -0.507 e. The molecule has 164 valence electrons. The van der Waals surface area contributed by atoms with Crippen LogP contribution in [0.4, 0.5) is 0 Å². The first kappa shape index (κ1) is 21.2. The first-order chi connectivity index (χ1) is 15.4. The van der Waals surface area contributed by atoms with Gasteiger partial charge in [-0.05, 0) is 41.8 Å². The molecule has 0 bridgehead atoms. The molecule has 2 heterocycles. The molecule has 3 aromatic rings. The molecule has 1 aliphatic rings. The Kier molecular flexibility index (Phi) is 5.73. The lowest BCUT2D eigenvalue weighted by Gasteiger charge is -2.25. The highest BCUT2D eigenvalue weighted by atomic mass is 16.5. The summed E-state index contributed by atoms with van der Waals surface area (Å²) in [6, 6.07) is 14.3. The fourth-order valence-corrected chi connectivity index (χ4v) is 3.89. The van der Waals surface area contributed by atoms with Gasteiger partial charge in [0, 0.05) is 5.56 Å². The van der Waals surface area contributed by atoms with E-state index < -0.39 is 17.7 Å². The Morgan fingerprint density at radius 2 is 1.88 bits per heavy atom. The second-order valence-corrected chi connectivity index (χ2v) is 7.49. The topological polar surface area (TPSA) is 100 Å². The van der Waals surface area contributed by atoms with Crippen LogP contribution >= 0.6 is 0 Å². The molecule has 7 heteroatoms.